The van der Waals surface area contributed by atoms with E-state index in [-0.39, 0.29) is 6.61 Å². The first kappa shape index (κ1) is 14.0. The number of hydrogen-bond acceptors (Lipinski definition) is 4. The van der Waals surface area contributed by atoms with Crippen LogP contribution in [0.15, 0.2) is 59.9 Å². The van der Waals surface area contributed by atoms with Crippen molar-refractivity contribution >= 4 is 12.3 Å². The zero-order chi connectivity index (χ0) is 14.0. The van der Waals surface area contributed by atoms with Gasteiger partial charge in [-0.1, -0.05) is 36.4 Å². The maximum absolute atomic E-state index is 11.6. The van der Waals surface area contributed by atoms with Crippen LogP contribution in [-0.4, -0.2) is 30.5 Å². The van der Waals surface area contributed by atoms with E-state index in [9.17, 15) is 4.79 Å². The molecule has 5 nitrogen and oxygen atoms in total. The van der Waals surface area contributed by atoms with Gasteiger partial charge in [-0.15, -0.1) is 0 Å². The predicted octanol–water partition coefficient (Wildman–Crippen LogP) is 2.71. The number of benzene rings is 1. The van der Waals surface area contributed by atoms with Crippen LogP contribution >= 0.6 is 0 Å². The van der Waals surface area contributed by atoms with Gasteiger partial charge in [0.2, 0.25) is 0 Å². The third-order valence-corrected chi connectivity index (χ3v) is 2.48. The van der Waals surface area contributed by atoms with Crippen LogP contribution in [0, 0.1) is 0 Å². The summed E-state index contributed by atoms with van der Waals surface area (Å²) in [5, 5.41) is 5.03. The van der Waals surface area contributed by atoms with E-state index in [2.05, 4.69) is 5.10 Å². The Morgan fingerprint density at radius 2 is 1.95 bits per heavy atom. The van der Waals surface area contributed by atoms with E-state index in [1.165, 1.54) is 12.4 Å². The predicted molar refractivity (Wildman–Crippen MR) is 76.1 cm³/mol. The van der Waals surface area contributed by atoms with Crippen molar-refractivity contribution in [1.82, 2.24) is 5.01 Å². The topological polar surface area (TPSA) is 51.1 Å². The number of amides is 1. The van der Waals surface area contributed by atoms with Crippen molar-refractivity contribution in [3.63, 3.8) is 0 Å². The third kappa shape index (κ3) is 4.70. The summed E-state index contributed by atoms with van der Waals surface area (Å²) in [7, 11) is 0. The Bertz CT molecular complexity index is 493. The summed E-state index contributed by atoms with van der Waals surface area (Å²) in [6.07, 6.45) is 7.75. The monoisotopic (exact) mass is 272 g/mol. The van der Waals surface area contributed by atoms with Crippen molar-refractivity contribution in [3.8, 4) is 0 Å². The Labute approximate surface area is 117 Å². The summed E-state index contributed by atoms with van der Waals surface area (Å²) < 4.78 is 10.5. The molecule has 1 aliphatic rings. The number of rotatable bonds is 5. The molecule has 0 aromatic heterocycles. The Balaban J connectivity index is 1.62. The first-order valence-electron chi connectivity index (χ1n) is 6.31. The highest BCUT2D eigenvalue weighted by atomic mass is 16.6. The Morgan fingerprint density at radius 1 is 1.10 bits per heavy atom. The number of ether oxygens (including phenoxy) is 2. The van der Waals surface area contributed by atoms with Crippen LogP contribution < -0.4 is 0 Å². The van der Waals surface area contributed by atoms with Crippen molar-refractivity contribution in [3.05, 3.63) is 60.3 Å². The van der Waals surface area contributed by atoms with Gasteiger partial charge in [0, 0.05) is 12.4 Å². The molecule has 0 radical (unpaired) electrons. The number of carbonyl (C=O) groups is 1. The van der Waals surface area contributed by atoms with Crippen LogP contribution in [0.5, 0.6) is 0 Å². The number of allylic oxidation sites excluding steroid dienone is 3. The maximum Gasteiger partial charge on any atom is 0.434 e. The van der Waals surface area contributed by atoms with Crippen molar-refractivity contribution < 1.29 is 14.3 Å². The highest BCUT2D eigenvalue weighted by Gasteiger charge is 2.10. The molecule has 0 bridgehead atoms. The SMILES string of the molecule is O=C(OCCOCc1ccccc1)N1C=CC=CC=N1. The minimum Gasteiger partial charge on any atom is -0.445 e. The molecule has 0 aliphatic carbocycles. The second-order valence-electron chi connectivity index (χ2n) is 3.99. The van der Waals surface area contributed by atoms with Crippen LogP contribution in [0.3, 0.4) is 0 Å². The van der Waals surface area contributed by atoms with E-state index < -0.39 is 6.09 Å². The smallest absolute Gasteiger partial charge is 0.434 e. The fraction of sp³-hybridized carbons (Fsp3) is 0.200. The van der Waals surface area contributed by atoms with Gasteiger partial charge in [0.15, 0.2) is 0 Å². The molecular formula is C15H16N2O3. The molecule has 0 spiro atoms. The lowest BCUT2D eigenvalue weighted by molar-refractivity contribution is 0.0548. The highest BCUT2D eigenvalue weighted by Crippen LogP contribution is 2.02. The summed E-state index contributed by atoms with van der Waals surface area (Å²) in [5.41, 5.74) is 1.09. The summed E-state index contributed by atoms with van der Waals surface area (Å²) in [5.74, 6) is 0. The molecule has 0 saturated heterocycles. The molecule has 0 saturated carbocycles. The van der Waals surface area contributed by atoms with Gasteiger partial charge in [0.1, 0.15) is 6.61 Å². The number of nitrogens with zero attached hydrogens (tertiary/aromatic N) is 2. The van der Waals surface area contributed by atoms with Crippen LogP contribution in [0.25, 0.3) is 0 Å². The zero-order valence-corrected chi connectivity index (χ0v) is 11.0. The van der Waals surface area contributed by atoms with E-state index in [1.807, 2.05) is 30.3 Å². The number of carbonyl (C=O) groups excluding carboxylic acids is 1. The molecule has 1 heterocycles. The largest absolute Gasteiger partial charge is 0.445 e. The summed E-state index contributed by atoms with van der Waals surface area (Å²) >= 11 is 0. The molecule has 0 unspecified atom stereocenters. The lowest BCUT2D eigenvalue weighted by atomic mass is 10.2. The fourth-order valence-electron chi connectivity index (χ4n) is 1.52. The molecule has 1 aromatic rings. The second-order valence-corrected chi connectivity index (χ2v) is 3.99. The lowest BCUT2D eigenvalue weighted by Crippen LogP contribution is -2.22. The summed E-state index contributed by atoms with van der Waals surface area (Å²) in [6.45, 7) is 1.04. The quantitative estimate of drug-likeness (QED) is 0.774. The van der Waals surface area contributed by atoms with E-state index in [0.29, 0.717) is 13.2 Å². The molecule has 2 rings (SSSR count). The molecular weight excluding hydrogens is 256 g/mol. The van der Waals surface area contributed by atoms with Crippen LogP contribution in [0.2, 0.25) is 0 Å². The van der Waals surface area contributed by atoms with Crippen LogP contribution in [0.1, 0.15) is 5.56 Å². The Kier molecular flexibility index (Phi) is 5.54. The lowest BCUT2D eigenvalue weighted by Gasteiger charge is -2.11. The van der Waals surface area contributed by atoms with Gasteiger partial charge >= 0.3 is 6.09 Å². The fourth-order valence-corrected chi connectivity index (χ4v) is 1.52. The molecule has 20 heavy (non-hydrogen) atoms. The molecule has 1 amide bonds. The minimum absolute atomic E-state index is 0.193. The minimum atomic E-state index is -0.524. The van der Waals surface area contributed by atoms with Crippen molar-refractivity contribution in [2.45, 2.75) is 6.61 Å². The van der Waals surface area contributed by atoms with Gasteiger partial charge in [-0.05, 0) is 17.7 Å². The van der Waals surface area contributed by atoms with Crippen LogP contribution in [-0.2, 0) is 16.1 Å². The first-order valence-corrected chi connectivity index (χ1v) is 6.31. The molecule has 104 valence electrons. The van der Waals surface area contributed by atoms with Gasteiger partial charge in [-0.3, -0.25) is 0 Å². The highest BCUT2D eigenvalue weighted by molar-refractivity contribution is 5.76. The van der Waals surface area contributed by atoms with E-state index in [0.717, 1.165) is 10.6 Å². The standard InChI is InChI=1S/C15H16N2O3/c18-15(17-10-6-2-5-9-16-17)20-12-11-19-13-14-7-3-1-4-8-14/h1-10H,11-13H2. The number of hydrogen-bond donors (Lipinski definition) is 0. The van der Waals surface area contributed by atoms with E-state index in [4.69, 9.17) is 9.47 Å². The Hall–Kier alpha value is -2.40. The van der Waals surface area contributed by atoms with Gasteiger partial charge in [-0.2, -0.15) is 10.1 Å². The van der Waals surface area contributed by atoms with Crippen LogP contribution in [0.4, 0.5) is 4.79 Å². The zero-order valence-electron chi connectivity index (χ0n) is 11.0. The average Bonchev–Trinajstić information content (AvgIpc) is 2.77. The van der Waals surface area contributed by atoms with Crippen molar-refractivity contribution in [1.29, 1.82) is 0 Å². The molecule has 5 heteroatoms. The summed E-state index contributed by atoms with van der Waals surface area (Å²) in [6, 6.07) is 9.83. The molecule has 0 N–H and O–H groups in total. The number of hydrazone groups is 1. The first-order chi connectivity index (χ1) is 9.86. The van der Waals surface area contributed by atoms with Gasteiger partial charge in [0.25, 0.3) is 0 Å². The molecule has 0 fully saturated rings. The molecule has 1 aromatic carbocycles. The van der Waals surface area contributed by atoms with Crippen molar-refractivity contribution in [2.75, 3.05) is 13.2 Å². The van der Waals surface area contributed by atoms with Gasteiger partial charge < -0.3 is 9.47 Å². The Morgan fingerprint density at radius 3 is 2.80 bits per heavy atom. The molecule has 0 atom stereocenters. The van der Waals surface area contributed by atoms with Gasteiger partial charge in [-0.25, -0.2) is 4.79 Å². The van der Waals surface area contributed by atoms with Gasteiger partial charge in [0.05, 0.1) is 13.2 Å². The maximum atomic E-state index is 11.6. The summed E-state index contributed by atoms with van der Waals surface area (Å²) in [4.78, 5) is 11.6. The second kappa shape index (κ2) is 7.91. The molecule has 1 aliphatic heterocycles. The average molecular weight is 272 g/mol. The normalized spacial score (nSPS) is 13.3. The third-order valence-electron chi connectivity index (χ3n) is 2.48. The van der Waals surface area contributed by atoms with E-state index in [1.54, 1.807) is 18.2 Å². The van der Waals surface area contributed by atoms with Crippen molar-refractivity contribution in [2.24, 2.45) is 5.10 Å². The van der Waals surface area contributed by atoms with E-state index >= 15 is 0 Å².